The van der Waals surface area contributed by atoms with Crippen LogP contribution in [0.1, 0.15) is 39.6 Å². The van der Waals surface area contributed by atoms with E-state index in [-0.39, 0.29) is 11.9 Å². The molecule has 1 aliphatic carbocycles. The molecule has 126 valence electrons. The molecule has 1 unspecified atom stereocenters. The summed E-state index contributed by atoms with van der Waals surface area (Å²) in [5, 5.41) is 7.21. The van der Waals surface area contributed by atoms with E-state index in [1.807, 2.05) is 0 Å². The molecule has 1 N–H and O–H groups in total. The molecule has 0 bridgehead atoms. The van der Waals surface area contributed by atoms with Crippen molar-refractivity contribution in [2.24, 2.45) is 7.05 Å². The highest BCUT2D eigenvalue weighted by Gasteiger charge is 2.25. The summed E-state index contributed by atoms with van der Waals surface area (Å²) in [7, 11) is 1.78. The zero-order valence-corrected chi connectivity index (χ0v) is 14.5. The molecule has 0 saturated heterocycles. The second kappa shape index (κ2) is 6.20. The smallest absolute Gasteiger partial charge is 0.270 e. The number of aryl methyl sites for hydroxylation is 3. The molecule has 0 radical (unpaired) electrons. The normalized spacial score (nSPS) is 15.8. The Balaban J connectivity index is 1.56. The number of rotatable bonds is 3. The molecule has 3 aromatic rings. The highest BCUT2D eigenvalue weighted by molar-refractivity contribution is 5.92. The number of hydrogen-bond acceptors (Lipinski definition) is 2. The molecule has 4 rings (SSSR count). The van der Waals surface area contributed by atoms with Gasteiger partial charge in [0.05, 0.1) is 6.04 Å². The number of carbonyl (C=O) groups is 1. The Morgan fingerprint density at radius 2 is 1.88 bits per heavy atom. The second-order valence-corrected chi connectivity index (χ2v) is 6.68. The number of amides is 1. The molecule has 0 spiro atoms. The van der Waals surface area contributed by atoms with Crippen LogP contribution in [0.5, 0.6) is 0 Å². The largest absolute Gasteiger partial charge is 0.344 e. The van der Waals surface area contributed by atoms with Gasteiger partial charge in [-0.1, -0.05) is 48.0 Å². The lowest BCUT2D eigenvalue weighted by molar-refractivity contribution is 0.0927. The van der Waals surface area contributed by atoms with Crippen molar-refractivity contribution in [1.29, 1.82) is 0 Å². The average molecular weight is 331 g/mol. The van der Waals surface area contributed by atoms with Gasteiger partial charge in [-0.2, -0.15) is 5.10 Å². The molecule has 2 aromatic carbocycles. The summed E-state index contributed by atoms with van der Waals surface area (Å²) in [6, 6.07) is 17.0. The Kier molecular flexibility index (Phi) is 3.88. The van der Waals surface area contributed by atoms with E-state index < -0.39 is 0 Å². The summed E-state index contributed by atoms with van der Waals surface area (Å²) >= 11 is 0. The van der Waals surface area contributed by atoms with Crippen molar-refractivity contribution in [2.45, 2.75) is 25.8 Å². The van der Waals surface area contributed by atoms with E-state index in [1.54, 1.807) is 24.0 Å². The predicted octanol–water partition coefficient (Wildman–Crippen LogP) is 3.81. The van der Waals surface area contributed by atoms with Crippen molar-refractivity contribution in [1.82, 2.24) is 15.1 Å². The molecule has 0 fully saturated rings. The maximum Gasteiger partial charge on any atom is 0.270 e. The van der Waals surface area contributed by atoms with Crippen LogP contribution in [0, 0.1) is 6.92 Å². The fourth-order valence-corrected chi connectivity index (χ4v) is 3.52. The number of hydrogen-bond donors (Lipinski definition) is 1. The first kappa shape index (κ1) is 15.6. The van der Waals surface area contributed by atoms with Crippen molar-refractivity contribution >= 4 is 5.91 Å². The van der Waals surface area contributed by atoms with Gasteiger partial charge in [-0.3, -0.25) is 9.48 Å². The third kappa shape index (κ3) is 2.95. The van der Waals surface area contributed by atoms with E-state index in [4.69, 9.17) is 0 Å². The zero-order chi connectivity index (χ0) is 17.4. The van der Waals surface area contributed by atoms with Gasteiger partial charge in [0.1, 0.15) is 5.69 Å². The van der Waals surface area contributed by atoms with Gasteiger partial charge >= 0.3 is 0 Å². The summed E-state index contributed by atoms with van der Waals surface area (Å²) < 4.78 is 1.60. The quantitative estimate of drug-likeness (QED) is 0.793. The SMILES string of the molecule is Cc1ccc(-c2ccc3c(c2)CCC3NC(=O)c2ccnn2C)cc1. The Morgan fingerprint density at radius 3 is 2.60 bits per heavy atom. The molecular weight excluding hydrogens is 310 g/mol. The molecular formula is C21H21N3O. The van der Waals surface area contributed by atoms with Gasteiger partial charge in [0.15, 0.2) is 0 Å². The Labute approximate surface area is 147 Å². The van der Waals surface area contributed by atoms with Crippen molar-refractivity contribution in [3.05, 3.63) is 77.1 Å². The molecule has 1 aliphatic rings. The van der Waals surface area contributed by atoms with Crippen LogP contribution in [0.4, 0.5) is 0 Å². The summed E-state index contributed by atoms with van der Waals surface area (Å²) in [4.78, 5) is 12.4. The van der Waals surface area contributed by atoms with Gasteiger partial charge in [0, 0.05) is 13.2 Å². The maximum absolute atomic E-state index is 12.4. The van der Waals surface area contributed by atoms with Crippen LogP contribution in [0.3, 0.4) is 0 Å². The second-order valence-electron chi connectivity index (χ2n) is 6.68. The van der Waals surface area contributed by atoms with Gasteiger partial charge in [-0.25, -0.2) is 0 Å². The molecule has 25 heavy (non-hydrogen) atoms. The van der Waals surface area contributed by atoms with Crippen molar-refractivity contribution in [3.63, 3.8) is 0 Å². The molecule has 4 heteroatoms. The third-order valence-corrected chi connectivity index (χ3v) is 4.96. The number of benzene rings is 2. The lowest BCUT2D eigenvalue weighted by Crippen LogP contribution is -2.28. The Hall–Kier alpha value is -2.88. The number of nitrogens with one attached hydrogen (secondary N) is 1. The highest BCUT2D eigenvalue weighted by atomic mass is 16.2. The van der Waals surface area contributed by atoms with E-state index in [0.717, 1.165) is 12.8 Å². The topological polar surface area (TPSA) is 46.9 Å². The molecule has 4 nitrogen and oxygen atoms in total. The number of carbonyl (C=O) groups excluding carboxylic acids is 1. The summed E-state index contributed by atoms with van der Waals surface area (Å²) in [5.41, 5.74) is 6.88. The number of fused-ring (bicyclic) bond motifs is 1. The molecule has 1 aromatic heterocycles. The summed E-state index contributed by atoms with van der Waals surface area (Å²) in [6.45, 7) is 2.10. The maximum atomic E-state index is 12.4. The monoisotopic (exact) mass is 331 g/mol. The average Bonchev–Trinajstić information content (AvgIpc) is 3.21. The van der Waals surface area contributed by atoms with Gasteiger partial charge in [0.2, 0.25) is 0 Å². The van der Waals surface area contributed by atoms with Gasteiger partial charge in [0.25, 0.3) is 5.91 Å². The van der Waals surface area contributed by atoms with Crippen molar-refractivity contribution in [2.75, 3.05) is 0 Å². The minimum Gasteiger partial charge on any atom is -0.344 e. The summed E-state index contributed by atoms with van der Waals surface area (Å²) in [6.07, 6.45) is 3.58. The van der Waals surface area contributed by atoms with Crippen LogP contribution < -0.4 is 5.32 Å². The Morgan fingerprint density at radius 1 is 1.12 bits per heavy atom. The van der Waals surface area contributed by atoms with E-state index in [1.165, 1.54) is 27.8 Å². The molecule has 1 amide bonds. The first-order valence-electron chi connectivity index (χ1n) is 8.60. The van der Waals surface area contributed by atoms with Crippen LogP contribution in [0.15, 0.2) is 54.7 Å². The molecule has 0 aliphatic heterocycles. The van der Waals surface area contributed by atoms with Crippen LogP contribution in [-0.4, -0.2) is 15.7 Å². The zero-order valence-electron chi connectivity index (χ0n) is 14.5. The summed E-state index contributed by atoms with van der Waals surface area (Å²) in [5.74, 6) is -0.0690. The van der Waals surface area contributed by atoms with Gasteiger partial charge in [-0.05, 0) is 48.1 Å². The fourth-order valence-electron chi connectivity index (χ4n) is 3.52. The van der Waals surface area contributed by atoms with E-state index in [0.29, 0.717) is 5.69 Å². The minimum absolute atomic E-state index is 0.0690. The van der Waals surface area contributed by atoms with E-state index in [2.05, 4.69) is 59.8 Å². The molecule has 0 saturated carbocycles. The first-order valence-corrected chi connectivity index (χ1v) is 8.60. The lowest BCUT2D eigenvalue weighted by Gasteiger charge is -2.15. The highest BCUT2D eigenvalue weighted by Crippen LogP contribution is 2.34. The third-order valence-electron chi connectivity index (χ3n) is 4.96. The minimum atomic E-state index is -0.0690. The number of nitrogens with zero attached hydrogens (tertiary/aromatic N) is 2. The van der Waals surface area contributed by atoms with Crippen LogP contribution in [-0.2, 0) is 13.5 Å². The van der Waals surface area contributed by atoms with Crippen molar-refractivity contribution in [3.8, 4) is 11.1 Å². The van der Waals surface area contributed by atoms with E-state index >= 15 is 0 Å². The van der Waals surface area contributed by atoms with Crippen LogP contribution >= 0.6 is 0 Å². The molecule has 1 heterocycles. The predicted molar refractivity (Wildman–Crippen MR) is 98.4 cm³/mol. The fraction of sp³-hybridized carbons (Fsp3) is 0.238. The molecule has 1 atom stereocenters. The van der Waals surface area contributed by atoms with Crippen LogP contribution in [0.2, 0.25) is 0 Å². The Bertz CT molecular complexity index is 925. The number of aromatic nitrogens is 2. The standard InChI is InChI=1S/C21H21N3O/c1-14-3-5-15(6-4-14)16-7-9-18-17(13-16)8-10-19(18)23-21(25)20-11-12-22-24(20)2/h3-7,9,11-13,19H,8,10H2,1-2H3,(H,23,25). The van der Waals surface area contributed by atoms with E-state index in [9.17, 15) is 4.79 Å². The van der Waals surface area contributed by atoms with Crippen LogP contribution in [0.25, 0.3) is 11.1 Å². The lowest BCUT2D eigenvalue weighted by atomic mass is 9.99. The van der Waals surface area contributed by atoms with Gasteiger partial charge in [-0.15, -0.1) is 0 Å². The van der Waals surface area contributed by atoms with Gasteiger partial charge < -0.3 is 5.32 Å². The van der Waals surface area contributed by atoms with Crippen molar-refractivity contribution < 1.29 is 4.79 Å². The first-order chi connectivity index (χ1) is 12.1.